The van der Waals surface area contributed by atoms with Gasteiger partial charge in [-0.15, -0.1) is 0 Å². The number of carbonyl (C=O) groups excluding carboxylic acids is 2. The van der Waals surface area contributed by atoms with Gasteiger partial charge in [-0.1, -0.05) is 61.5 Å². The predicted octanol–water partition coefficient (Wildman–Crippen LogP) is 5.07. The molecule has 0 aliphatic carbocycles. The standard InChI is InChI=1S/C23H21NO2/c1-2-14-24-21(26)13-12-20(25)18-10-8-17-7-6-15-4-3-5-16-9-11-19(18)23(17)22(15)16/h3-11H,2,12-14H2,1H3,(H,24,26). The van der Waals surface area contributed by atoms with Crippen molar-refractivity contribution in [2.45, 2.75) is 26.2 Å². The van der Waals surface area contributed by atoms with Gasteiger partial charge in [-0.05, 0) is 38.7 Å². The first-order chi connectivity index (χ1) is 12.7. The SMILES string of the molecule is CCCNC(=O)CCC(=O)c1ccc2ccc3cccc4ccc1c2c34. The normalized spacial score (nSPS) is 11.4. The number of rotatable bonds is 6. The van der Waals surface area contributed by atoms with Gasteiger partial charge in [0.2, 0.25) is 5.91 Å². The molecule has 26 heavy (non-hydrogen) atoms. The van der Waals surface area contributed by atoms with Crippen LogP contribution in [0.25, 0.3) is 32.3 Å². The van der Waals surface area contributed by atoms with E-state index in [4.69, 9.17) is 0 Å². The average Bonchev–Trinajstić information content (AvgIpc) is 2.68. The largest absolute Gasteiger partial charge is 0.356 e. The summed E-state index contributed by atoms with van der Waals surface area (Å²) in [6.07, 6.45) is 1.37. The summed E-state index contributed by atoms with van der Waals surface area (Å²) in [4.78, 5) is 24.6. The molecule has 0 radical (unpaired) electrons. The molecule has 3 heteroatoms. The van der Waals surface area contributed by atoms with Crippen molar-refractivity contribution < 1.29 is 9.59 Å². The summed E-state index contributed by atoms with van der Waals surface area (Å²) in [5.41, 5.74) is 0.707. The lowest BCUT2D eigenvalue weighted by Crippen LogP contribution is -2.24. The van der Waals surface area contributed by atoms with Crippen LogP contribution < -0.4 is 5.32 Å². The second kappa shape index (κ2) is 6.75. The van der Waals surface area contributed by atoms with E-state index in [1.807, 2.05) is 25.1 Å². The third-order valence-electron chi connectivity index (χ3n) is 4.98. The molecule has 0 saturated heterocycles. The minimum absolute atomic E-state index is 0.0228. The zero-order chi connectivity index (χ0) is 18.1. The van der Waals surface area contributed by atoms with Crippen LogP contribution in [-0.4, -0.2) is 18.2 Å². The predicted molar refractivity (Wildman–Crippen MR) is 107 cm³/mol. The Kier molecular flexibility index (Phi) is 4.29. The Bertz CT molecular complexity index is 1100. The maximum atomic E-state index is 12.8. The van der Waals surface area contributed by atoms with Gasteiger partial charge in [-0.3, -0.25) is 9.59 Å². The molecular weight excluding hydrogens is 322 g/mol. The van der Waals surface area contributed by atoms with Gasteiger partial charge in [0.1, 0.15) is 0 Å². The number of Topliss-reactive ketones (excluding diaryl/α,β-unsaturated/α-hetero) is 1. The molecule has 0 atom stereocenters. The second-order valence-electron chi connectivity index (χ2n) is 6.74. The van der Waals surface area contributed by atoms with Gasteiger partial charge in [-0.2, -0.15) is 0 Å². The lowest BCUT2D eigenvalue weighted by Gasteiger charge is -2.13. The van der Waals surface area contributed by atoms with Crippen LogP contribution in [0.5, 0.6) is 0 Å². The topological polar surface area (TPSA) is 46.2 Å². The molecule has 3 nitrogen and oxygen atoms in total. The Morgan fingerprint density at radius 3 is 2.19 bits per heavy atom. The Labute approximate surface area is 152 Å². The highest BCUT2D eigenvalue weighted by atomic mass is 16.2. The lowest BCUT2D eigenvalue weighted by atomic mass is 9.90. The fourth-order valence-electron chi connectivity index (χ4n) is 3.69. The van der Waals surface area contributed by atoms with Crippen molar-refractivity contribution in [1.29, 1.82) is 0 Å². The Morgan fingerprint density at radius 1 is 0.808 bits per heavy atom. The molecule has 1 N–H and O–H groups in total. The number of carbonyl (C=O) groups is 2. The van der Waals surface area contributed by atoms with Crippen LogP contribution in [-0.2, 0) is 4.79 Å². The van der Waals surface area contributed by atoms with Crippen molar-refractivity contribution in [1.82, 2.24) is 5.32 Å². The highest BCUT2D eigenvalue weighted by Crippen LogP contribution is 2.36. The van der Waals surface area contributed by atoms with Gasteiger partial charge in [-0.25, -0.2) is 0 Å². The van der Waals surface area contributed by atoms with Crippen LogP contribution in [0.2, 0.25) is 0 Å². The molecule has 4 aromatic carbocycles. The highest BCUT2D eigenvalue weighted by Gasteiger charge is 2.15. The van der Waals surface area contributed by atoms with Gasteiger partial charge in [0.25, 0.3) is 0 Å². The van der Waals surface area contributed by atoms with E-state index >= 15 is 0 Å². The molecule has 0 fully saturated rings. The molecular formula is C23H21NO2. The van der Waals surface area contributed by atoms with Gasteiger partial charge < -0.3 is 5.32 Å². The van der Waals surface area contributed by atoms with E-state index in [1.165, 1.54) is 16.2 Å². The number of ketones is 1. The molecule has 0 unspecified atom stereocenters. The fourth-order valence-corrected chi connectivity index (χ4v) is 3.69. The van der Waals surface area contributed by atoms with Crippen molar-refractivity contribution >= 4 is 44.0 Å². The molecule has 0 aliphatic heterocycles. The zero-order valence-corrected chi connectivity index (χ0v) is 14.8. The molecule has 1 amide bonds. The third-order valence-corrected chi connectivity index (χ3v) is 4.98. The molecule has 0 bridgehead atoms. The summed E-state index contributed by atoms with van der Waals surface area (Å²) in [7, 11) is 0. The Balaban J connectivity index is 1.74. The molecule has 0 spiro atoms. The third kappa shape index (κ3) is 2.80. The number of benzene rings is 4. The number of amides is 1. The Morgan fingerprint density at radius 2 is 1.46 bits per heavy atom. The van der Waals surface area contributed by atoms with Gasteiger partial charge in [0.05, 0.1) is 0 Å². The van der Waals surface area contributed by atoms with E-state index in [9.17, 15) is 9.59 Å². The molecule has 130 valence electrons. The zero-order valence-electron chi connectivity index (χ0n) is 14.8. The summed E-state index contributed by atoms with van der Waals surface area (Å²) in [5, 5.41) is 9.66. The quantitative estimate of drug-likeness (QED) is 0.392. The van der Waals surface area contributed by atoms with Crippen LogP contribution >= 0.6 is 0 Å². The summed E-state index contributed by atoms with van der Waals surface area (Å²) in [6.45, 7) is 2.67. The van der Waals surface area contributed by atoms with Crippen molar-refractivity contribution in [3.05, 3.63) is 60.2 Å². The Hall–Kier alpha value is -2.94. The van der Waals surface area contributed by atoms with Crippen molar-refractivity contribution in [2.24, 2.45) is 0 Å². The van der Waals surface area contributed by atoms with E-state index in [2.05, 4.69) is 41.7 Å². The minimum Gasteiger partial charge on any atom is -0.356 e. The summed E-state index contributed by atoms with van der Waals surface area (Å²) in [6, 6.07) is 18.5. The van der Waals surface area contributed by atoms with Crippen LogP contribution in [0.3, 0.4) is 0 Å². The number of nitrogens with one attached hydrogen (secondary N) is 1. The van der Waals surface area contributed by atoms with E-state index in [1.54, 1.807) is 0 Å². The van der Waals surface area contributed by atoms with Crippen LogP contribution in [0.4, 0.5) is 0 Å². The summed E-state index contributed by atoms with van der Waals surface area (Å²) < 4.78 is 0. The second-order valence-corrected chi connectivity index (χ2v) is 6.74. The first-order valence-corrected chi connectivity index (χ1v) is 9.15. The van der Waals surface area contributed by atoms with Gasteiger partial charge in [0, 0.05) is 24.9 Å². The van der Waals surface area contributed by atoms with Crippen LogP contribution in [0, 0.1) is 0 Å². The average molecular weight is 343 g/mol. The van der Waals surface area contributed by atoms with E-state index in [0.717, 1.165) is 22.6 Å². The fraction of sp³-hybridized carbons (Fsp3) is 0.217. The first-order valence-electron chi connectivity index (χ1n) is 9.15. The molecule has 0 aliphatic rings. The van der Waals surface area contributed by atoms with Gasteiger partial charge in [0.15, 0.2) is 5.78 Å². The van der Waals surface area contributed by atoms with Crippen LogP contribution in [0.15, 0.2) is 54.6 Å². The summed E-state index contributed by atoms with van der Waals surface area (Å²) >= 11 is 0. The lowest BCUT2D eigenvalue weighted by molar-refractivity contribution is -0.121. The molecule has 0 aromatic heterocycles. The molecule has 4 aromatic rings. The molecule has 4 rings (SSSR count). The maximum Gasteiger partial charge on any atom is 0.220 e. The smallest absolute Gasteiger partial charge is 0.220 e. The van der Waals surface area contributed by atoms with Crippen LogP contribution in [0.1, 0.15) is 36.5 Å². The van der Waals surface area contributed by atoms with Crippen molar-refractivity contribution in [3.8, 4) is 0 Å². The van der Waals surface area contributed by atoms with E-state index in [-0.39, 0.29) is 24.5 Å². The van der Waals surface area contributed by atoms with Crippen molar-refractivity contribution in [3.63, 3.8) is 0 Å². The monoisotopic (exact) mass is 343 g/mol. The van der Waals surface area contributed by atoms with Gasteiger partial charge >= 0.3 is 0 Å². The van der Waals surface area contributed by atoms with E-state index in [0.29, 0.717) is 12.1 Å². The van der Waals surface area contributed by atoms with Crippen molar-refractivity contribution in [2.75, 3.05) is 6.54 Å². The highest BCUT2D eigenvalue weighted by molar-refractivity contribution is 6.26. The minimum atomic E-state index is -0.0575. The number of hydrogen-bond acceptors (Lipinski definition) is 2. The maximum absolute atomic E-state index is 12.8. The molecule has 0 saturated carbocycles. The molecule has 0 heterocycles. The summed E-state index contributed by atoms with van der Waals surface area (Å²) in [5.74, 6) is -0.0347. The first kappa shape index (κ1) is 16.5. The van der Waals surface area contributed by atoms with E-state index < -0.39 is 0 Å². The number of hydrogen-bond donors (Lipinski definition) is 1.